The van der Waals surface area contributed by atoms with Crippen molar-refractivity contribution in [3.05, 3.63) is 84.3 Å². The molecule has 0 aliphatic rings. The van der Waals surface area contributed by atoms with Gasteiger partial charge in [-0.15, -0.1) is 0 Å². The molecular formula is C25H21FN4O4. The second kappa shape index (κ2) is 9.45. The zero-order valence-electron chi connectivity index (χ0n) is 18.4. The Labute approximate surface area is 194 Å². The summed E-state index contributed by atoms with van der Waals surface area (Å²) in [5.41, 5.74) is 7.37. The fourth-order valence-electron chi connectivity index (χ4n) is 3.32. The number of primary amides is 1. The summed E-state index contributed by atoms with van der Waals surface area (Å²) in [5.74, 6) is 0.315. The van der Waals surface area contributed by atoms with Gasteiger partial charge in [0.1, 0.15) is 23.1 Å². The number of carbonyl (C=O) groups is 2. The summed E-state index contributed by atoms with van der Waals surface area (Å²) >= 11 is 0. The molecule has 1 aromatic heterocycles. The molecule has 0 aliphatic heterocycles. The van der Waals surface area contributed by atoms with Crippen LogP contribution in [0.2, 0.25) is 0 Å². The fourth-order valence-corrected chi connectivity index (χ4v) is 3.32. The highest BCUT2D eigenvalue weighted by molar-refractivity contribution is 6.02. The highest BCUT2D eigenvalue weighted by Gasteiger charge is 2.15. The lowest BCUT2D eigenvalue weighted by Crippen LogP contribution is -2.31. The Bertz CT molecular complexity index is 1360. The molecule has 1 heterocycles. The van der Waals surface area contributed by atoms with E-state index in [-0.39, 0.29) is 17.4 Å². The van der Waals surface area contributed by atoms with Crippen molar-refractivity contribution in [2.75, 3.05) is 24.4 Å². The topological polar surface area (TPSA) is 107 Å². The summed E-state index contributed by atoms with van der Waals surface area (Å²) in [6.07, 6.45) is 1.59. The quantitative estimate of drug-likeness (QED) is 0.424. The van der Waals surface area contributed by atoms with E-state index in [0.29, 0.717) is 39.5 Å². The van der Waals surface area contributed by atoms with Crippen LogP contribution in [0.15, 0.2) is 72.9 Å². The summed E-state index contributed by atoms with van der Waals surface area (Å²) in [4.78, 5) is 30.0. The summed E-state index contributed by atoms with van der Waals surface area (Å²) in [5, 5.41) is 3.29. The number of amides is 3. The molecule has 3 amide bonds. The Kier molecular flexibility index (Phi) is 6.26. The SMILES string of the molecule is COc1cc2nccc(Oc3ccc(N(C)C(=O)Nc4ccc(F)cc4)cc3)c2cc1C(N)=O. The fraction of sp³-hybridized carbons (Fsp3) is 0.0800. The average Bonchev–Trinajstić information content (AvgIpc) is 2.84. The molecule has 0 unspecified atom stereocenters. The van der Waals surface area contributed by atoms with Gasteiger partial charge in [0.2, 0.25) is 0 Å². The minimum atomic E-state index is -0.625. The van der Waals surface area contributed by atoms with Gasteiger partial charge in [-0.25, -0.2) is 9.18 Å². The standard InChI is InChI=1S/C25H21FN4O4/c1-30(25(32)29-16-5-3-15(26)4-6-16)17-7-9-18(10-8-17)34-22-11-12-28-21-14-23(33-2)20(24(27)31)13-19(21)22/h3-14H,1-2H3,(H2,27,31)(H,29,32). The number of urea groups is 1. The number of nitrogens with zero attached hydrogens (tertiary/aromatic N) is 2. The van der Waals surface area contributed by atoms with Gasteiger partial charge in [-0.1, -0.05) is 0 Å². The lowest BCUT2D eigenvalue weighted by molar-refractivity contribution is 0.0997. The number of aromatic nitrogens is 1. The first-order valence-electron chi connectivity index (χ1n) is 10.2. The van der Waals surface area contributed by atoms with Crippen LogP contribution < -0.4 is 25.4 Å². The zero-order chi connectivity index (χ0) is 24.2. The maximum Gasteiger partial charge on any atom is 0.326 e. The van der Waals surface area contributed by atoms with E-state index in [4.69, 9.17) is 15.2 Å². The van der Waals surface area contributed by atoms with Gasteiger partial charge in [-0.05, 0) is 60.7 Å². The first kappa shape index (κ1) is 22.5. The molecule has 8 nitrogen and oxygen atoms in total. The summed E-state index contributed by atoms with van der Waals surface area (Å²) in [6.45, 7) is 0. The van der Waals surface area contributed by atoms with Crippen LogP contribution in [0.25, 0.3) is 10.9 Å². The highest BCUT2D eigenvalue weighted by Crippen LogP contribution is 2.33. The molecule has 3 aromatic carbocycles. The van der Waals surface area contributed by atoms with Gasteiger partial charge in [-0.3, -0.25) is 14.7 Å². The van der Waals surface area contributed by atoms with Crippen LogP contribution in [0, 0.1) is 5.82 Å². The van der Waals surface area contributed by atoms with Gasteiger partial charge < -0.3 is 20.5 Å². The van der Waals surface area contributed by atoms with Crippen LogP contribution in [0.4, 0.5) is 20.6 Å². The number of benzene rings is 3. The molecule has 0 saturated heterocycles. The number of nitrogens with one attached hydrogen (secondary N) is 1. The van der Waals surface area contributed by atoms with E-state index in [1.54, 1.807) is 55.7 Å². The molecule has 172 valence electrons. The van der Waals surface area contributed by atoms with Crippen LogP contribution >= 0.6 is 0 Å². The van der Waals surface area contributed by atoms with Gasteiger partial charge in [0, 0.05) is 36.1 Å². The Hall–Kier alpha value is -4.66. The van der Waals surface area contributed by atoms with Crippen molar-refractivity contribution < 1.29 is 23.5 Å². The lowest BCUT2D eigenvalue weighted by Gasteiger charge is -2.18. The van der Waals surface area contributed by atoms with Gasteiger partial charge in [-0.2, -0.15) is 0 Å². The average molecular weight is 460 g/mol. The number of methoxy groups -OCH3 is 1. The number of pyridine rings is 1. The van der Waals surface area contributed by atoms with Crippen molar-refractivity contribution in [3.63, 3.8) is 0 Å². The first-order valence-corrected chi connectivity index (χ1v) is 10.2. The Morgan fingerprint density at radius 3 is 2.35 bits per heavy atom. The number of fused-ring (bicyclic) bond motifs is 1. The van der Waals surface area contributed by atoms with E-state index in [2.05, 4.69) is 10.3 Å². The maximum atomic E-state index is 13.1. The minimum absolute atomic E-state index is 0.219. The zero-order valence-corrected chi connectivity index (χ0v) is 18.4. The predicted molar refractivity (Wildman–Crippen MR) is 127 cm³/mol. The molecule has 4 aromatic rings. The van der Waals surface area contributed by atoms with E-state index < -0.39 is 5.91 Å². The largest absolute Gasteiger partial charge is 0.496 e. The van der Waals surface area contributed by atoms with Gasteiger partial charge in [0.15, 0.2) is 0 Å². The normalized spacial score (nSPS) is 10.6. The Balaban J connectivity index is 1.53. The number of carbonyl (C=O) groups excluding carboxylic acids is 2. The molecule has 9 heteroatoms. The molecule has 0 aliphatic carbocycles. The second-order valence-corrected chi connectivity index (χ2v) is 7.34. The molecule has 0 radical (unpaired) electrons. The third-order valence-electron chi connectivity index (χ3n) is 5.14. The summed E-state index contributed by atoms with van der Waals surface area (Å²) < 4.78 is 24.3. The number of halogens is 1. The molecule has 0 bridgehead atoms. The monoisotopic (exact) mass is 460 g/mol. The smallest absolute Gasteiger partial charge is 0.326 e. The predicted octanol–water partition coefficient (Wildman–Crippen LogP) is 4.94. The van der Waals surface area contributed by atoms with Crippen LogP contribution in [0.5, 0.6) is 17.2 Å². The van der Waals surface area contributed by atoms with E-state index >= 15 is 0 Å². The number of hydrogen-bond donors (Lipinski definition) is 2. The molecule has 0 fully saturated rings. The van der Waals surface area contributed by atoms with E-state index in [0.717, 1.165) is 0 Å². The first-order chi connectivity index (χ1) is 16.4. The molecular weight excluding hydrogens is 439 g/mol. The number of rotatable bonds is 6. The van der Waals surface area contributed by atoms with Crippen molar-refractivity contribution in [2.45, 2.75) is 0 Å². The van der Waals surface area contributed by atoms with Crippen LogP contribution in [-0.2, 0) is 0 Å². The van der Waals surface area contributed by atoms with Gasteiger partial charge in [0.25, 0.3) is 5.91 Å². The van der Waals surface area contributed by atoms with E-state index in [1.165, 1.54) is 36.3 Å². The third-order valence-corrected chi connectivity index (χ3v) is 5.14. The molecule has 3 N–H and O–H groups in total. The maximum absolute atomic E-state index is 13.1. The van der Waals surface area contributed by atoms with E-state index in [9.17, 15) is 14.0 Å². The van der Waals surface area contributed by atoms with Crippen LogP contribution in [0.1, 0.15) is 10.4 Å². The van der Waals surface area contributed by atoms with Crippen LogP contribution in [0.3, 0.4) is 0 Å². The van der Waals surface area contributed by atoms with E-state index in [1.807, 2.05) is 0 Å². The minimum Gasteiger partial charge on any atom is -0.496 e. The molecule has 0 atom stereocenters. The summed E-state index contributed by atoms with van der Waals surface area (Å²) in [6, 6.07) is 16.9. The van der Waals surface area contributed by atoms with Gasteiger partial charge in [0.05, 0.1) is 18.2 Å². The molecule has 4 rings (SSSR count). The number of anilines is 2. The highest BCUT2D eigenvalue weighted by atomic mass is 19.1. The van der Waals surface area contributed by atoms with Crippen molar-refractivity contribution in [1.29, 1.82) is 0 Å². The molecule has 0 spiro atoms. The van der Waals surface area contributed by atoms with Crippen molar-refractivity contribution in [1.82, 2.24) is 4.98 Å². The summed E-state index contributed by atoms with van der Waals surface area (Å²) in [7, 11) is 3.07. The number of nitrogens with two attached hydrogens (primary N) is 1. The Morgan fingerprint density at radius 2 is 1.71 bits per heavy atom. The van der Waals surface area contributed by atoms with Gasteiger partial charge >= 0.3 is 6.03 Å². The third kappa shape index (κ3) is 4.73. The van der Waals surface area contributed by atoms with Crippen LogP contribution in [-0.4, -0.2) is 31.1 Å². The lowest BCUT2D eigenvalue weighted by atomic mass is 10.1. The van der Waals surface area contributed by atoms with Crippen molar-refractivity contribution in [2.24, 2.45) is 5.73 Å². The molecule has 34 heavy (non-hydrogen) atoms. The Morgan fingerprint density at radius 1 is 1.00 bits per heavy atom. The molecule has 0 saturated carbocycles. The number of hydrogen-bond acceptors (Lipinski definition) is 5. The van der Waals surface area contributed by atoms with Crippen molar-refractivity contribution in [3.8, 4) is 17.2 Å². The number of ether oxygens (including phenoxy) is 2. The van der Waals surface area contributed by atoms with Crippen molar-refractivity contribution >= 4 is 34.2 Å². The second-order valence-electron chi connectivity index (χ2n) is 7.34.